The Hall–Kier alpha value is -2.85. The summed E-state index contributed by atoms with van der Waals surface area (Å²) in [5, 5.41) is 7.53. The number of nitrogens with one attached hydrogen (secondary N) is 2. The first-order valence-electron chi connectivity index (χ1n) is 10.5. The van der Waals surface area contributed by atoms with Crippen LogP contribution in [0.15, 0.2) is 47.6 Å². The maximum absolute atomic E-state index is 13.3. The van der Waals surface area contributed by atoms with Crippen LogP contribution in [0.25, 0.3) is 10.9 Å². The van der Waals surface area contributed by atoms with Crippen molar-refractivity contribution in [1.29, 1.82) is 0 Å². The molecule has 0 spiro atoms. The maximum Gasteiger partial charge on any atom is 0.241 e. The monoisotopic (exact) mass is 444 g/mol. The van der Waals surface area contributed by atoms with E-state index >= 15 is 0 Å². The third-order valence-electron chi connectivity index (χ3n) is 5.94. The number of piperidine rings is 1. The highest BCUT2D eigenvalue weighted by Gasteiger charge is 2.31. The predicted octanol–water partition coefficient (Wildman–Crippen LogP) is 1.94. The van der Waals surface area contributed by atoms with Gasteiger partial charge in [-0.15, -0.1) is 0 Å². The number of carbonyl (C=O) groups excluding carboxylic acids is 1. The zero-order chi connectivity index (χ0) is 22.0. The molecule has 1 fully saturated rings. The number of nitrogen functional groups attached to an aromatic ring is 1. The molecule has 1 aliphatic heterocycles. The van der Waals surface area contributed by atoms with E-state index in [1.165, 1.54) is 12.1 Å². The van der Waals surface area contributed by atoms with Crippen molar-refractivity contribution in [2.24, 2.45) is 5.92 Å². The maximum atomic E-state index is 13.3. The average molecular weight is 445 g/mol. The van der Waals surface area contributed by atoms with Crippen LogP contribution in [0.4, 0.5) is 5.82 Å². The first-order valence-corrected chi connectivity index (χ1v) is 12.0. The van der Waals surface area contributed by atoms with Crippen LogP contribution in [0, 0.1) is 5.92 Å². The number of nitrogens with two attached hydrogens (primary N) is 1. The van der Waals surface area contributed by atoms with Crippen molar-refractivity contribution >= 4 is 32.7 Å². The lowest BCUT2D eigenvalue weighted by atomic mass is 9.98. The standard InChI is InChI=1S/C21H28N6O3S/c1-15-6-10-27(11-7-15)21(28)18(8-12-26-9-2-3-20(26)22)25-31(29,30)17-5-4-16-14-23-24-19(16)13-17/h2-5,9,13-15,18,25H,6-8,10-12,22H2,1H3,(H,23,24). The first-order chi connectivity index (χ1) is 14.8. The van der Waals surface area contributed by atoms with E-state index in [0.29, 0.717) is 43.3 Å². The number of amides is 1. The Kier molecular flexibility index (Phi) is 6.01. The van der Waals surface area contributed by atoms with Crippen LogP contribution in [0.5, 0.6) is 0 Å². The summed E-state index contributed by atoms with van der Waals surface area (Å²) in [6.45, 7) is 3.89. The van der Waals surface area contributed by atoms with Gasteiger partial charge in [0.25, 0.3) is 0 Å². The predicted molar refractivity (Wildman–Crippen MR) is 119 cm³/mol. The average Bonchev–Trinajstić information content (AvgIpc) is 3.39. The molecule has 31 heavy (non-hydrogen) atoms. The Labute approximate surface area is 181 Å². The van der Waals surface area contributed by atoms with Gasteiger partial charge in [-0.2, -0.15) is 9.82 Å². The van der Waals surface area contributed by atoms with Gasteiger partial charge in [0.2, 0.25) is 15.9 Å². The zero-order valence-corrected chi connectivity index (χ0v) is 18.3. The molecule has 3 aromatic rings. The number of fused-ring (bicyclic) bond motifs is 1. The van der Waals surface area contributed by atoms with Crippen LogP contribution in [0.3, 0.4) is 0 Å². The van der Waals surface area contributed by atoms with Crippen molar-refractivity contribution in [2.45, 2.75) is 43.7 Å². The molecule has 3 heterocycles. The second kappa shape index (κ2) is 8.72. The molecule has 1 aliphatic rings. The number of carbonyl (C=O) groups is 1. The van der Waals surface area contributed by atoms with Crippen molar-refractivity contribution in [1.82, 2.24) is 24.4 Å². The molecular weight excluding hydrogens is 416 g/mol. The van der Waals surface area contributed by atoms with Crippen molar-refractivity contribution in [3.05, 3.63) is 42.7 Å². The van der Waals surface area contributed by atoms with E-state index in [2.05, 4.69) is 21.8 Å². The number of rotatable bonds is 7. The minimum absolute atomic E-state index is 0.0924. The normalized spacial score (nSPS) is 16.6. The van der Waals surface area contributed by atoms with E-state index in [0.717, 1.165) is 18.2 Å². The molecule has 2 aromatic heterocycles. The molecule has 4 rings (SSSR count). The summed E-state index contributed by atoms with van der Waals surface area (Å²) in [5.41, 5.74) is 6.56. The minimum Gasteiger partial charge on any atom is -0.385 e. The molecule has 1 atom stereocenters. The summed E-state index contributed by atoms with van der Waals surface area (Å²) in [7, 11) is -3.91. The third kappa shape index (κ3) is 4.75. The van der Waals surface area contributed by atoms with Crippen LogP contribution in [0.1, 0.15) is 26.2 Å². The molecule has 1 amide bonds. The SMILES string of the molecule is CC1CCN(C(=O)C(CCn2cccc2N)NS(=O)(=O)c2ccc3cn[nH]c3c2)CC1. The fourth-order valence-corrected chi connectivity index (χ4v) is 5.17. The van der Waals surface area contributed by atoms with Crippen LogP contribution in [-0.4, -0.2) is 53.1 Å². The number of sulfonamides is 1. The lowest BCUT2D eigenvalue weighted by molar-refractivity contribution is -0.134. The highest BCUT2D eigenvalue weighted by Crippen LogP contribution is 2.20. The van der Waals surface area contributed by atoms with Gasteiger partial charge in [0.15, 0.2) is 0 Å². The highest BCUT2D eigenvalue weighted by atomic mass is 32.2. The van der Waals surface area contributed by atoms with E-state index in [9.17, 15) is 13.2 Å². The molecule has 10 heteroatoms. The molecule has 0 bridgehead atoms. The zero-order valence-electron chi connectivity index (χ0n) is 17.5. The molecule has 4 N–H and O–H groups in total. The van der Waals surface area contributed by atoms with Crippen molar-refractivity contribution < 1.29 is 13.2 Å². The Morgan fingerprint density at radius 2 is 2.10 bits per heavy atom. The van der Waals surface area contributed by atoms with Crippen molar-refractivity contribution in [2.75, 3.05) is 18.8 Å². The van der Waals surface area contributed by atoms with E-state index in [4.69, 9.17) is 5.73 Å². The molecule has 0 aliphatic carbocycles. The van der Waals surface area contributed by atoms with Gasteiger partial charge in [-0.05, 0) is 55.5 Å². The first kappa shape index (κ1) is 21.4. The fraction of sp³-hybridized carbons (Fsp3) is 0.429. The van der Waals surface area contributed by atoms with Gasteiger partial charge in [0.1, 0.15) is 11.9 Å². The molecular formula is C21H28N6O3S. The molecule has 9 nitrogen and oxygen atoms in total. The lowest BCUT2D eigenvalue weighted by Crippen LogP contribution is -2.50. The summed E-state index contributed by atoms with van der Waals surface area (Å²) in [6, 6.07) is 7.45. The number of hydrogen-bond donors (Lipinski definition) is 3. The van der Waals surface area contributed by atoms with Gasteiger partial charge in [-0.1, -0.05) is 6.92 Å². The number of benzene rings is 1. The molecule has 1 unspecified atom stereocenters. The van der Waals surface area contributed by atoms with E-state index in [1.54, 1.807) is 23.2 Å². The minimum atomic E-state index is -3.91. The van der Waals surface area contributed by atoms with Crippen LogP contribution in [0.2, 0.25) is 0 Å². The largest absolute Gasteiger partial charge is 0.385 e. The second-order valence-corrected chi connectivity index (χ2v) is 9.93. The van der Waals surface area contributed by atoms with Gasteiger partial charge in [-0.3, -0.25) is 9.89 Å². The van der Waals surface area contributed by atoms with Gasteiger partial charge < -0.3 is 15.2 Å². The van der Waals surface area contributed by atoms with E-state index in [1.807, 2.05) is 16.8 Å². The summed E-state index contributed by atoms with van der Waals surface area (Å²) < 4.78 is 30.7. The lowest BCUT2D eigenvalue weighted by Gasteiger charge is -2.33. The van der Waals surface area contributed by atoms with Gasteiger partial charge in [0, 0.05) is 31.2 Å². The topological polar surface area (TPSA) is 126 Å². The summed E-state index contributed by atoms with van der Waals surface area (Å²) >= 11 is 0. The highest BCUT2D eigenvalue weighted by molar-refractivity contribution is 7.89. The van der Waals surface area contributed by atoms with Crippen LogP contribution < -0.4 is 10.5 Å². The number of nitrogens with zero attached hydrogens (tertiary/aromatic N) is 3. The number of hydrogen-bond acceptors (Lipinski definition) is 5. The van der Waals surface area contributed by atoms with Gasteiger partial charge >= 0.3 is 0 Å². The molecule has 166 valence electrons. The summed E-state index contributed by atoms with van der Waals surface area (Å²) in [5.74, 6) is 0.953. The number of aryl methyl sites for hydroxylation is 1. The molecule has 0 saturated carbocycles. The van der Waals surface area contributed by atoms with Crippen LogP contribution >= 0.6 is 0 Å². The third-order valence-corrected chi connectivity index (χ3v) is 7.41. The number of aromatic nitrogens is 3. The Balaban J connectivity index is 1.56. The van der Waals surface area contributed by atoms with E-state index < -0.39 is 16.1 Å². The number of anilines is 1. The Morgan fingerprint density at radius 1 is 1.32 bits per heavy atom. The quantitative estimate of drug-likeness (QED) is 0.513. The van der Waals surface area contributed by atoms with Crippen molar-refractivity contribution in [3.8, 4) is 0 Å². The number of likely N-dealkylation sites (tertiary alicyclic amines) is 1. The number of aromatic amines is 1. The second-order valence-electron chi connectivity index (χ2n) is 8.22. The Morgan fingerprint density at radius 3 is 2.81 bits per heavy atom. The molecule has 1 aromatic carbocycles. The number of H-pyrrole nitrogens is 1. The van der Waals surface area contributed by atoms with Gasteiger partial charge in [-0.25, -0.2) is 8.42 Å². The Bertz CT molecular complexity index is 1160. The summed E-state index contributed by atoms with van der Waals surface area (Å²) in [4.78, 5) is 15.1. The van der Waals surface area contributed by atoms with Gasteiger partial charge in [0.05, 0.1) is 16.6 Å². The fourth-order valence-electron chi connectivity index (χ4n) is 3.92. The molecule has 1 saturated heterocycles. The summed E-state index contributed by atoms with van der Waals surface area (Å²) in [6.07, 6.45) is 5.60. The van der Waals surface area contributed by atoms with Crippen molar-refractivity contribution in [3.63, 3.8) is 0 Å². The molecule has 0 radical (unpaired) electrons. The van der Waals surface area contributed by atoms with E-state index in [-0.39, 0.29) is 10.8 Å². The smallest absolute Gasteiger partial charge is 0.241 e. The van der Waals surface area contributed by atoms with Crippen LogP contribution in [-0.2, 0) is 21.4 Å².